The first-order valence-corrected chi connectivity index (χ1v) is 7.69. The van der Waals surface area contributed by atoms with Crippen LogP contribution < -0.4 is 15.4 Å². The molecule has 0 aliphatic heterocycles. The summed E-state index contributed by atoms with van der Waals surface area (Å²) < 4.78 is 5.40. The third kappa shape index (κ3) is 5.25. The van der Waals surface area contributed by atoms with Crippen LogP contribution in [0, 0.1) is 5.92 Å². The van der Waals surface area contributed by atoms with Gasteiger partial charge in [0.15, 0.2) is 0 Å². The lowest BCUT2D eigenvalue weighted by molar-refractivity contribution is 0.0944. The van der Waals surface area contributed by atoms with Crippen molar-refractivity contribution in [3.05, 3.63) is 42.2 Å². The molecular formula is C17H22N4O2. The molecule has 6 nitrogen and oxygen atoms in total. The molecule has 2 aromatic rings. The molecule has 0 atom stereocenters. The van der Waals surface area contributed by atoms with Crippen LogP contribution in [0.4, 0.5) is 11.6 Å². The minimum atomic E-state index is -0.198. The molecule has 1 aromatic heterocycles. The number of hydrogen-bond acceptors (Lipinski definition) is 5. The van der Waals surface area contributed by atoms with Gasteiger partial charge in [0.2, 0.25) is 5.95 Å². The Bertz CT molecular complexity index is 641. The van der Waals surface area contributed by atoms with Crippen LogP contribution in [0.1, 0.15) is 31.3 Å². The summed E-state index contributed by atoms with van der Waals surface area (Å²) >= 11 is 0. The topological polar surface area (TPSA) is 76.1 Å². The zero-order valence-corrected chi connectivity index (χ0v) is 13.7. The molecule has 0 fully saturated rings. The molecule has 23 heavy (non-hydrogen) atoms. The average molecular weight is 314 g/mol. The van der Waals surface area contributed by atoms with Crippen LogP contribution in [-0.2, 0) is 0 Å². The molecule has 1 aromatic carbocycles. The number of carbonyl (C=O) groups is 1. The highest BCUT2D eigenvalue weighted by atomic mass is 16.5. The fourth-order valence-electron chi connectivity index (χ4n) is 1.86. The number of nitrogens with one attached hydrogen (secondary N) is 2. The van der Waals surface area contributed by atoms with Crippen LogP contribution in [0.25, 0.3) is 0 Å². The summed E-state index contributed by atoms with van der Waals surface area (Å²) in [6.07, 6.45) is 1.56. The van der Waals surface area contributed by atoms with Crippen LogP contribution in [-0.4, -0.2) is 29.0 Å². The Morgan fingerprint density at radius 1 is 1.22 bits per heavy atom. The molecule has 0 bridgehead atoms. The summed E-state index contributed by atoms with van der Waals surface area (Å²) in [5, 5.41) is 5.91. The molecule has 0 radical (unpaired) electrons. The molecular weight excluding hydrogens is 292 g/mol. The fraction of sp³-hybridized carbons (Fsp3) is 0.353. The number of benzene rings is 1. The number of carbonyl (C=O) groups excluding carboxylic acids is 1. The number of amides is 1. The second-order valence-electron chi connectivity index (χ2n) is 5.45. The van der Waals surface area contributed by atoms with E-state index in [-0.39, 0.29) is 5.91 Å². The Hall–Kier alpha value is -2.63. The first kappa shape index (κ1) is 16.7. The predicted octanol–water partition coefficient (Wildman–Crippen LogP) is 3.00. The number of hydrogen-bond donors (Lipinski definition) is 2. The van der Waals surface area contributed by atoms with E-state index in [9.17, 15) is 4.79 Å². The van der Waals surface area contributed by atoms with Gasteiger partial charge in [-0.2, -0.15) is 0 Å². The van der Waals surface area contributed by atoms with Gasteiger partial charge in [0.05, 0.1) is 6.61 Å². The summed E-state index contributed by atoms with van der Waals surface area (Å²) in [7, 11) is 0. The summed E-state index contributed by atoms with van der Waals surface area (Å²) in [6, 6.07) is 9.08. The van der Waals surface area contributed by atoms with Gasteiger partial charge in [-0.05, 0) is 43.2 Å². The zero-order chi connectivity index (χ0) is 16.7. The molecule has 0 spiro atoms. The third-order valence-corrected chi connectivity index (χ3v) is 2.98. The highest BCUT2D eigenvalue weighted by molar-refractivity contribution is 5.92. The maximum Gasteiger partial charge on any atom is 0.270 e. The molecule has 1 heterocycles. The SMILES string of the molecule is CCOc1ccc(Nc2nccc(C(=O)NCC(C)C)n2)cc1. The molecule has 0 saturated carbocycles. The summed E-state index contributed by atoms with van der Waals surface area (Å²) in [5.74, 6) is 1.38. The number of rotatable bonds is 7. The Morgan fingerprint density at radius 2 is 1.96 bits per heavy atom. The van der Waals surface area contributed by atoms with Crippen LogP contribution in [0.2, 0.25) is 0 Å². The van der Waals surface area contributed by atoms with E-state index in [0.29, 0.717) is 30.7 Å². The van der Waals surface area contributed by atoms with Crippen LogP contribution in [0.15, 0.2) is 36.5 Å². The number of nitrogens with zero attached hydrogens (tertiary/aromatic N) is 2. The number of ether oxygens (including phenoxy) is 1. The summed E-state index contributed by atoms with van der Waals surface area (Å²) in [4.78, 5) is 20.4. The maximum absolute atomic E-state index is 12.0. The van der Waals surface area contributed by atoms with Gasteiger partial charge in [0, 0.05) is 18.4 Å². The second kappa shape index (κ2) is 8.12. The standard InChI is InChI=1S/C17H22N4O2/c1-4-23-14-7-5-13(6-8-14)20-17-18-10-9-15(21-17)16(22)19-11-12(2)3/h5-10,12H,4,11H2,1-3H3,(H,19,22)(H,18,20,21). The summed E-state index contributed by atoms with van der Waals surface area (Å²) in [5.41, 5.74) is 1.17. The van der Waals surface area contributed by atoms with Crippen LogP contribution in [0.5, 0.6) is 5.75 Å². The average Bonchev–Trinajstić information content (AvgIpc) is 2.55. The van der Waals surface area contributed by atoms with Crippen molar-refractivity contribution in [3.8, 4) is 5.75 Å². The quantitative estimate of drug-likeness (QED) is 0.821. The van der Waals surface area contributed by atoms with Gasteiger partial charge >= 0.3 is 0 Å². The van der Waals surface area contributed by atoms with E-state index in [2.05, 4.69) is 20.6 Å². The zero-order valence-electron chi connectivity index (χ0n) is 13.7. The largest absolute Gasteiger partial charge is 0.494 e. The molecule has 122 valence electrons. The third-order valence-electron chi connectivity index (χ3n) is 2.98. The smallest absolute Gasteiger partial charge is 0.270 e. The van der Waals surface area contributed by atoms with E-state index in [0.717, 1.165) is 11.4 Å². The van der Waals surface area contributed by atoms with Crippen molar-refractivity contribution in [1.29, 1.82) is 0 Å². The van der Waals surface area contributed by atoms with E-state index in [1.54, 1.807) is 12.3 Å². The van der Waals surface area contributed by atoms with Gasteiger partial charge in [0.25, 0.3) is 5.91 Å². The molecule has 2 rings (SSSR count). The molecule has 0 aliphatic carbocycles. The van der Waals surface area contributed by atoms with Gasteiger partial charge < -0.3 is 15.4 Å². The van der Waals surface area contributed by atoms with Gasteiger partial charge in [-0.1, -0.05) is 13.8 Å². The Balaban J connectivity index is 2.03. The van der Waals surface area contributed by atoms with E-state index in [4.69, 9.17) is 4.74 Å². The molecule has 2 N–H and O–H groups in total. The first-order chi connectivity index (χ1) is 11.1. The van der Waals surface area contributed by atoms with E-state index < -0.39 is 0 Å². The van der Waals surface area contributed by atoms with Gasteiger partial charge in [0.1, 0.15) is 11.4 Å². The van der Waals surface area contributed by atoms with Crippen molar-refractivity contribution in [2.45, 2.75) is 20.8 Å². The molecule has 6 heteroatoms. The lowest BCUT2D eigenvalue weighted by Crippen LogP contribution is -2.28. The van der Waals surface area contributed by atoms with Gasteiger partial charge in [-0.25, -0.2) is 9.97 Å². The number of anilines is 2. The minimum Gasteiger partial charge on any atom is -0.494 e. The highest BCUT2D eigenvalue weighted by Gasteiger charge is 2.09. The van der Waals surface area contributed by atoms with Gasteiger partial charge in [-0.3, -0.25) is 4.79 Å². The molecule has 0 aliphatic rings. The van der Waals surface area contributed by atoms with Crippen molar-refractivity contribution < 1.29 is 9.53 Å². The Kier molecular flexibility index (Phi) is 5.91. The van der Waals surface area contributed by atoms with Crippen molar-refractivity contribution >= 4 is 17.5 Å². The van der Waals surface area contributed by atoms with Crippen molar-refractivity contribution in [2.24, 2.45) is 5.92 Å². The van der Waals surface area contributed by atoms with Crippen molar-refractivity contribution in [2.75, 3.05) is 18.5 Å². The van der Waals surface area contributed by atoms with Gasteiger partial charge in [-0.15, -0.1) is 0 Å². The highest BCUT2D eigenvalue weighted by Crippen LogP contribution is 2.18. The molecule has 0 unspecified atom stereocenters. The van der Waals surface area contributed by atoms with Crippen molar-refractivity contribution in [3.63, 3.8) is 0 Å². The fourth-order valence-corrected chi connectivity index (χ4v) is 1.86. The summed E-state index contributed by atoms with van der Waals surface area (Å²) in [6.45, 7) is 7.27. The molecule has 1 amide bonds. The monoisotopic (exact) mass is 314 g/mol. The number of aromatic nitrogens is 2. The Labute approximate surface area is 136 Å². The molecule has 0 saturated heterocycles. The second-order valence-corrected chi connectivity index (χ2v) is 5.45. The lowest BCUT2D eigenvalue weighted by Gasteiger charge is -2.09. The first-order valence-electron chi connectivity index (χ1n) is 7.69. The predicted molar refractivity (Wildman–Crippen MR) is 90.1 cm³/mol. The lowest BCUT2D eigenvalue weighted by atomic mass is 10.2. The van der Waals surface area contributed by atoms with E-state index in [1.165, 1.54) is 0 Å². The van der Waals surface area contributed by atoms with Crippen molar-refractivity contribution in [1.82, 2.24) is 15.3 Å². The van der Waals surface area contributed by atoms with E-state index in [1.807, 2.05) is 45.0 Å². The van der Waals surface area contributed by atoms with Crippen LogP contribution in [0.3, 0.4) is 0 Å². The maximum atomic E-state index is 12.0. The Morgan fingerprint density at radius 3 is 2.61 bits per heavy atom. The minimum absolute atomic E-state index is 0.198. The normalized spacial score (nSPS) is 10.4. The van der Waals surface area contributed by atoms with E-state index >= 15 is 0 Å². The van der Waals surface area contributed by atoms with Crippen LogP contribution >= 0.6 is 0 Å².